The van der Waals surface area contributed by atoms with Gasteiger partial charge in [0.1, 0.15) is 12.0 Å². The molecule has 21 heavy (non-hydrogen) atoms. The van der Waals surface area contributed by atoms with Gasteiger partial charge in [-0.1, -0.05) is 32.1 Å². The average molecular weight is 290 g/mol. The maximum atomic E-state index is 12.0. The molecule has 1 aromatic carbocycles. The molecule has 0 saturated heterocycles. The van der Waals surface area contributed by atoms with Crippen LogP contribution in [0.15, 0.2) is 36.4 Å². The van der Waals surface area contributed by atoms with E-state index in [2.05, 4.69) is 6.58 Å². The van der Waals surface area contributed by atoms with Gasteiger partial charge in [0.15, 0.2) is 6.10 Å². The Morgan fingerprint density at radius 1 is 1.38 bits per heavy atom. The summed E-state index contributed by atoms with van der Waals surface area (Å²) >= 11 is 0. The van der Waals surface area contributed by atoms with Crippen molar-refractivity contribution in [3.8, 4) is 5.75 Å². The number of ether oxygens (including phenoxy) is 2. The van der Waals surface area contributed by atoms with E-state index in [0.29, 0.717) is 24.7 Å². The number of esters is 2. The van der Waals surface area contributed by atoms with Crippen molar-refractivity contribution < 1.29 is 23.9 Å². The molecule has 0 aliphatic heterocycles. The Hall–Kier alpha value is -2.43. The average Bonchev–Trinajstić information content (AvgIpc) is 2.46. The zero-order valence-corrected chi connectivity index (χ0v) is 12.1. The third kappa shape index (κ3) is 5.22. The zero-order valence-electron chi connectivity index (χ0n) is 12.1. The van der Waals surface area contributed by atoms with Gasteiger partial charge in [0, 0.05) is 11.1 Å². The van der Waals surface area contributed by atoms with Gasteiger partial charge < -0.3 is 9.47 Å². The van der Waals surface area contributed by atoms with Crippen molar-refractivity contribution in [2.45, 2.75) is 32.8 Å². The molecule has 1 rings (SSSR count). The first kappa shape index (κ1) is 16.6. The summed E-state index contributed by atoms with van der Waals surface area (Å²) in [6.45, 7) is 6.84. The summed E-state index contributed by atoms with van der Waals surface area (Å²) in [6.07, 6.45) is 0.671. The molecule has 5 nitrogen and oxygen atoms in total. The molecule has 1 aromatic rings. The van der Waals surface area contributed by atoms with Crippen LogP contribution in [0.2, 0.25) is 0 Å². The predicted octanol–water partition coefficient (Wildman–Crippen LogP) is 2.69. The van der Waals surface area contributed by atoms with Crippen LogP contribution in [0.3, 0.4) is 0 Å². The minimum atomic E-state index is -0.987. The Bertz CT molecular complexity index is 547. The Kier molecular flexibility index (Phi) is 6.33. The van der Waals surface area contributed by atoms with E-state index >= 15 is 0 Å². The molecule has 0 aliphatic rings. The highest BCUT2D eigenvalue weighted by molar-refractivity contribution is 5.89. The van der Waals surface area contributed by atoms with Crippen LogP contribution in [0.5, 0.6) is 5.75 Å². The van der Waals surface area contributed by atoms with E-state index in [-0.39, 0.29) is 11.3 Å². The van der Waals surface area contributed by atoms with E-state index in [1.165, 1.54) is 13.0 Å². The molecule has 0 aromatic heterocycles. The van der Waals surface area contributed by atoms with Gasteiger partial charge in [0.2, 0.25) is 0 Å². The monoisotopic (exact) mass is 290 g/mol. The van der Waals surface area contributed by atoms with Crippen LogP contribution < -0.4 is 4.74 Å². The lowest BCUT2D eigenvalue weighted by molar-refractivity contribution is -0.159. The summed E-state index contributed by atoms with van der Waals surface area (Å²) in [5, 5.41) is 0. The van der Waals surface area contributed by atoms with E-state index in [9.17, 15) is 14.4 Å². The lowest BCUT2D eigenvalue weighted by Gasteiger charge is -2.16. The van der Waals surface area contributed by atoms with Gasteiger partial charge in [-0.05, 0) is 25.5 Å². The summed E-state index contributed by atoms with van der Waals surface area (Å²) in [5.74, 6) is -1.07. The second kappa shape index (κ2) is 7.99. The van der Waals surface area contributed by atoms with Crippen molar-refractivity contribution >= 4 is 18.2 Å². The second-order valence-corrected chi connectivity index (χ2v) is 4.57. The summed E-state index contributed by atoms with van der Waals surface area (Å²) < 4.78 is 10.2. The van der Waals surface area contributed by atoms with Crippen molar-refractivity contribution in [2.75, 3.05) is 0 Å². The van der Waals surface area contributed by atoms with Gasteiger partial charge in [-0.2, -0.15) is 0 Å². The summed E-state index contributed by atoms with van der Waals surface area (Å²) in [4.78, 5) is 34.2. The molecule has 112 valence electrons. The van der Waals surface area contributed by atoms with Crippen molar-refractivity contribution in [1.29, 1.82) is 0 Å². The number of hydrogen-bond acceptors (Lipinski definition) is 5. The normalized spacial score (nSPS) is 11.3. The molecule has 0 amide bonds. The van der Waals surface area contributed by atoms with Crippen molar-refractivity contribution in [2.24, 2.45) is 0 Å². The third-order valence-corrected chi connectivity index (χ3v) is 2.62. The maximum absolute atomic E-state index is 12.0. The SMILES string of the molecule is C=C(C)C(=O)OC(CCC)C(=O)Oc1cccc(C=O)c1. The smallest absolute Gasteiger partial charge is 0.352 e. The van der Waals surface area contributed by atoms with E-state index in [1.54, 1.807) is 18.2 Å². The van der Waals surface area contributed by atoms with Crippen LogP contribution in [0.4, 0.5) is 0 Å². The molecule has 5 heteroatoms. The molecule has 0 heterocycles. The zero-order chi connectivity index (χ0) is 15.8. The van der Waals surface area contributed by atoms with E-state index in [1.807, 2.05) is 6.92 Å². The first-order valence-corrected chi connectivity index (χ1v) is 6.61. The summed E-state index contributed by atoms with van der Waals surface area (Å²) in [5.41, 5.74) is 0.609. The predicted molar refractivity (Wildman–Crippen MR) is 77.1 cm³/mol. The quantitative estimate of drug-likeness (QED) is 0.334. The Morgan fingerprint density at radius 2 is 2.10 bits per heavy atom. The number of carbonyl (C=O) groups excluding carboxylic acids is 3. The fourth-order valence-corrected chi connectivity index (χ4v) is 1.55. The first-order valence-electron chi connectivity index (χ1n) is 6.61. The lowest BCUT2D eigenvalue weighted by Crippen LogP contribution is -2.31. The van der Waals surface area contributed by atoms with Crippen LogP contribution in [0, 0.1) is 0 Å². The van der Waals surface area contributed by atoms with Gasteiger partial charge in [-0.25, -0.2) is 9.59 Å². The molecule has 0 bridgehead atoms. The molecule has 0 fully saturated rings. The number of hydrogen-bond donors (Lipinski definition) is 0. The van der Waals surface area contributed by atoms with Crippen molar-refractivity contribution in [3.63, 3.8) is 0 Å². The van der Waals surface area contributed by atoms with Gasteiger partial charge in [0.25, 0.3) is 0 Å². The van der Waals surface area contributed by atoms with Crippen molar-refractivity contribution in [3.05, 3.63) is 42.0 Å². The first-order chi connectivity index (χ1) is 9.97. The Labute approximate surface area is 123 Å². The number of aldehydes is 1. The third-order valence-electron chi connectivity index (χ3n) is 2.62. The fourth-order valence-electron chi connectivity index (χ4n) is 1.55. The Morgan fingerprint density at radius 3 is 2.67 bits per heavy atom. The molecule has 0 spiro atoms. The molecule has 0 radical (unpaired) electrons. The van der Waals surface area contributed by atoms with E-state index in [4.69, 9.17) is 9.47 Å². The number of rotatable bonds is 7. The van der Waals surface area contributed by atoms with Crippen LogP contribution in [0.25, 0.3) is 0 Å². The molecule has 0 N–H and O–H groups in total. The van der Waals surface area contributed by atoms with Gasteiger partial charge in [0.05, 0.1) is 0 Å². The molecule has 1 unspecified atom stereocenters. The summed E-state index contributed by atoms with van der Waals surface area (Å²) in [7, 11) is 0. The lowest BCUT2D eigenvalue weighted by atomic mass is 10.2. The molecule has 1 atom stereocenters. The van der Waals surface area contributed by atoms with Gasteiger partial charge in [-0.3, -0.25) is 4.79 Å². The van der Waals surface area contributed by atoms with Gasteiger partial charge in [-0.15, -0.1) is 0 Å². The second-order valence-electron chi connectivity index (χ2n) is 4.57. The van der Waals surface area contributed by atoms with E-state index < -0.39 is 18.0 Å². The minimum absolute atomic E-state index is 0.215. The standard InChI is InChI=1S/C16H18O5/c1-4-6-14(21-15(18)11(2)3)16(19)20-13-8-5-7-12(9-13)10-17/h5,7-10,14H,2,4,6H2,1,3H3. The molecule has 0 aliphatic carbocycles. The summed E-state index contributed by atoms with van der Waals surface area (Å²) in [6, 6.07) is 6.18. The fraction of sp³-hybridized carbons (Fsp3) is 0.312. The minimum Gasteiger partial charge on any atom is -0.447 e. The van der Waals surface area contributed by atoms with Crippen molar-refractivity contribution in [1.82, 2.24) is 0 Å². The number of carbonyl (C=O) groups is 3. The van der Waals surface area contributed by atoms with Crippen LogP contribution in [-0.2, 0) is 14.3 Å². The topological polar surface area (TPSA) is 69.7 Å². The maximum Gasteiger partial charge on any atom is 0.352 e. The molecule has 0 saturated carbocycles. The number of benzene rings is 1. The van der Waals surface area contributed by atoms with Crippen LogP contribution in [0.1, 0.15) is 37.0 Å². The highest BCUT2D eigenvalue weighted by atomic mass is 16.6. The van der Waals surface area contributed by atoms with E-state index in [0.717, 1.165) is 0 Å². The largest absolute Gasteiger partial charge is 0.447 e. The molecular weight excluding hydrogens is 272 g/mol. The van der Waals surface area contributed by atoms with Crippen LogP contribution >= 0.6 is 0 Å². The highest BCUT2D eigenvalue weighted by Crippen LogP contribution is 2.15. The van der Waals surface area contributed by atoms with Crippen LogP contribution in [-0.4, -0.2) is 24.3 Å². The Balaban J connectivity index is 2.78. The molecular formula is C16H18O5. The highest BCUT2D eigenvalue weighted by Gasteiger charge is 2.24. The van der Waals surface area contributed by atoms with Gasteiger partial charge >= 0.3 is 11.9 Å².